The molecule has 0 amide bonds. The van der Waals surface area contributed by atoms with Gasteiger partial charge in [-0.25, -0.2) is 9.97 Å². The quantitative estimate of drug-likeness (QED) is 0.374. The van der Waals surface area contributed by atoms with Crippen molar-refractivity contribution in [2.45, 2.75) is 45.3 Å². The smallest absolute Gasteiger partial charge is 0.399 e. The fraction of sp³-hybridized carbons (Fsp3) is 0.500. The number of aromatic nitrogens is 3. The van der Waals surface area contributed by atoms with Gasteiger partial charge in [0.25, 0.3) is 0 Å². The molecule has 1 aliphatic carbocycles. The van der Waals surface area contributed by atoms with Gasteiger partial charge in [-0.05, 0) is 56.7 Å². The Bertz CT molecular complexity index is 1170. The molecule has 5 N–H and O–H groups in total. The number of hydrogen-bond acceptors (Lipinski definition) is 8. The fourth-order valence-electron chi connectivity index (χ4n) is 4.41. The fourth-order valence-corrected chi connectivity index (χ4v) is 5.45. The van der Waals surface area contributed by atoms with Crippen molar-refractivity contribution in [2.75, 3.05) is 29.5 Å². The van der Waals surface area contributed by atoms with Crippen LogP contribution in [0.4, 0.5) is 30.6 Å². The number of nitrogens with zero attached hydrogens (tertiary/aromatic N) is 3. The summed E-state index contributed by atoms with van der Waals surface area (Å²) in [5.74, 6) is 0.594. The first-order chi connectivity index (χ1) is 15.5. The zero-order chi connectivity index (χ0) is 24.0. The molecule has 0 saturated heterocycles. The van der Waals surface area contributed by atoms with Crippen LogP contribution in [0.5, 0.6) is 0 Å². The first-order valence-electron chi connectivity index (χ1n) is 10.7. The third-order valence-corrected chi connectivity index (χ3v) is 7.60. The molecule has 3 aromatic rings. The highest BCUT2D eigenvalue weighted by molar-refractivity contribution is 7.21. The van der Waals surface area contributed by atoms with Crippen molar-refractivity contribution >= 4 is 39.0 Å². The van der Waals surface area contributed by atoms with Crippen molar-refractivity contribution in [3.8, 4) is 10.6 Å². The molecule has 1 fully saturated rings. The van der Waals surface area contributed by atoms with Crippen LogP contribution in [-0.2, 0) is 0 Å². The lowest BCUT2D eigenvalue weighted by atomic mass is 9.86. The van der Waals surface area contributed by atoms with Gasteiger partial charge < -0.3 is 21.5 Å². The number of nitrogens with one attached hydrogen (secondary N) is 2. The van der Waals surface area contributed by atoms with Gasteiger partial charge in [0.15, 0.2) is 0 Å². The summed E-state index contributed by atoms with van der Waals surface area (Å²) in [6, 6.07) is 5.47. The molecular formula is C22H27F3N6OS. The summed E-state index contributed by atoms with van der Waals surface area (Å²) in [6.07, 6.45) is -2.75. The van der Waals surface area contributed by atoms with Gasteiger partial charge in [0.2, 0.25) is 5.95 Å². The molecule has 1 aromatic carbocycles. The lowest BCUT2D eigenvalue weighted by Crippen LogP contribution is -2.40. The van der Waals surface area contributed by atoms with Gasteiger partial charge in [-0.15, -0.1) is 11.3 Å². The zero-order valence-electron chi connectivity index (χ0n) is 18.6. The molecule has 0 spiro atoms. The van der Waals surface area contributed by atoms with Crippen molar-refractivity contribution in [2.24, 2.45) is 11.8 Å². The van der Waals surface area contributed by atoms with Gasteiger partial charge in [-0.1, -0.05) is 6.92 Å². The van der Waals surface area contributed by atoms with E-state index in [2.05, 4.69) is 34.4 Å². The second kappa shape index (κ2) is 8.60. The molecule has 1 aliphatic rings. The molecule has 0 bridgehead atoms. The van der Waals surface area contributed by atoms with Gasteiger partial charge in [0.05, 0.1) is 21.5 Å². The van der Waals surface area contributed by atoms with Crippen molar-refractivity contribution in [3.63, 3.8) is 0 Å². The van der Waals surface area contributed by atoms with Crippen molar-refractivity contribution in [1.29, 1.82) is 0 Å². The third kappa shape index (κ3) is 4.84. The van der Waals surface area contributed by atoms with E-state index in [1.807, 2.05) is 6.07 Å². The van der Waals surface area contributed by atoms with Crippen molar-refractivity contribution < 1.29 is 18.3 Å². The van der Waals surface area contributed by atoms with Gasteiger partial charge in [0, 0.05) is 17.8 Å². The number of fused-ring (bicyclic) bond motifs is 1. The van der Waals surface area contributed by atoms with Crippen LogP contribution in [0.2, 0.25) is 0 Å². The summed E-state index contributed by atoms with van der Waals surface area (Å²) in [5.41, 5.74) is 7.99. The molecule has 11 heteroatoms. The largest absolute Gasteiger partial charge is 0.405 e. The second-order valence-electron chi connectivity index (χ2n) is 8.88. The highest BCUT2D eigenvalue weighted by Gasteiger charge is 2.43. The minimum atomic E-state index is -4.39. The molecule has 3 unspecified atom stereocenters. The summed E-state index contributed by atoms with van der Waals surface area (Å²) in [4.78, 5) is 13.4. The Labute approximate surface area is 193 Å². The number of hydrogen-bond donors (Lipinski definition) is 4. The molecule has 2 heterocycles. The summed E-state index contributed by atoms with van der Waals surface area (Å²) < 4.78 is 39.3. The molecule has 7 nitrogen and oxygen atoms in total. The molecule has 0 aliphatic heterocycles. The topological polar surface area (TPSA) is 109 Å². The van der Waals surface area contributed by atoms with Gasteiger partial charge in [-0.2, -0.15) is 18.2 Å². The molecular weight excluding hydrogens is 453 g/mol. The van der Waals surface area contributed by atoms with E-state index in [0.717, 1.165) is 23.1 Å². The molecule has 178 valence electrons. The molecule has 0 radical (unpaired) electrons. The number of aliphatic hydroxyl groups excluding tert-OH is 1. The predicted molar refractivity (Wildman–Crippen MR) is 125 cm³/mol. The first kappa shape index (κ1) is 23.5. The molecule has 33 heavy (non-hydrogen) atoms. The number of benzene rings is 1. The molecule has 3 atom stereocenters. The van der Waals surface area contributed by atoms with Crippen LogP contribution in [0, 0.1) is 18.8 Å². The van der Waals surface area contributed by atoms with E-state index in [9.17, 15) is 18.3 Å². The normalized spacial score (nSPS) is 23.2. The van der Waals surface area contributed by atoms with E-state index in [1.165, 1.54) is 11.3 Å². The molecule has 2 aromatic heterocycles. The highest BCUT2D eigenvalue weighted by atomic mass is 32.1. The van der Waals surface area contributed by atoms with Gasteiger partial charge >= 0.3 is 6.18 Å². The van der Waals surface area contributed by atoms with Crippen LogP contribution < -0.4 is 16.4 Å². The number of aliphatic hydroxyl groups is 1. The van der Waals surface area contributed by atoms with E-state index in [-0.39, 0.29) is 24.4 Å². The Morgan fingerprint density at radius 1 is 1.27 bits per heavy atom. The average Bonchev–Trinajstić information content (AvgIpc) is 3.26. The Balaban J connectivity index is 1.79. The SMILES string of the molecule is Cc1nc(NCC(F)(F)F)nc(NC2(C)CCC(CO)C2C)c1-c1nc2cc(N)ccc2s1. The van der Waals surface area contributed by atoms with E-state index in [4.69, 9.17) is 10.7 Å². The lowest BCUT2D eigenvalue weighted by molar-refractivity contribution is -0.115. The number of aryl methyl sites for hydroxylation is 1. The van der Waals surface area contributed by atoms with Gasteiger partial charge in [-0.3, -0.25) is 0 Å². The van der Waals surface area contributed by atoms with Crippen LogP contribution in [0.15, 0.2) is 18.2 Å². The van der Waals surface area contributed by atoms with Crippen LogP contribution in [0.1, 0.15) is 32.4 Å². The van der Waals surface area contributed by atoms with E-state index in [1.54, 1.807) is 19.1 Å². The van der Waals surface area contributed by atoms with Crippen LogP contribution in [-0.4, -0.2) is 44.9 Å². The number of rotatable bonds is 6. The number of anilines is 3. The van der Waals surface area contributed by atoms with Crippen molar-refractivity contribution in [1.82, 2.24) is 15.0 Å². The zero-order valence-corrected chi connectivity index (χ0v) is 19.4. The number of nitrogen functional groups attached to an aromatic ring is 1. The van der Waals surface area contributed by atoms with E-state index < -0.39 is 18.3 Å². The first-order valence-corrected chi connectivity index (χ1v) is 11.6. The highest BCUT2D eigenvalue weighted by Crippen LogP contribution is 2.44. The molecule has 4 rings (SSSR count). The number of alkyl halides is 3. The van der Waals surface area contributed by atoms with Gasteiger partial charge in [0.1, 0.15) is 17.4 Å². The van der Waals surface area contributed by atoms with Crippen LogP contribution in [0.3, 0.4) is 0 Å². The Kier molecular flexibility index (Phi) is 6.12. The summed E-state index contributed by atoms with van der Waals surface area (Å²) in [6.45, 7) is 4.71. The monoisotopic (exact) mass is 480 g/mol. The maximum absolute atomic E-state index is 12.8. The Morgan fingerprint density at radius 3 is 2.70 bits per heavy atom. The van der Waals surface area contributed by atoms with Crippen molar-refractivity contribution in [3.05, 3.63) is 23.9 Å². The molecule has 1 saturated carbocycles. The number of thiazole rings is 1. The summed E-state index contributed by atoms with van der Waals surface area (Å²) in [7, 11) is 0. The van der Waals surface area contributed by atoms with E-state index in [0.29, 0.717) is 27.8 Å². The number of halogens is 3. The maximum atomic E-state index is 12.8. The third-order valence-electron chi connectivity index (χ3n) is 6.55. The van der Waals surface area contributed by atoms with Crippen LogP contribution >= 0.6 is 11.3 Å². The Morgan fingerprint density at radius 2 is 2.03 bits per heavy atom. The average molecular weight is 481 g/mol. The minimum Gasteiger partial charge on any atom is -0.399 e. The second-order valence-corrected chi connectivity index (χ2v) is 9.91. The summed E-state index contributed by atoms with van der Waals surface area (Å²) in [5, 5.41) is 16.2. The van der Waals surface area contributed by atoms with Crippen LogP contribution in [0.25, 0.3) is 20.8 Å². The Hall–Kier alpha value is -2.66. The maximum Gasteiger partial charge on any atom is 0.405 e. The predicted octanol–water partition coefficient (Wildman–Crippen LogP) is 4.83. The van der Waals surface area contributed by atoms with E-state index >= 15 is 0 Å². The number of nitrogens with two attached hydrogens (primary N) is 1. The summed E-state index contributed by atoms with van der Waals surface area (Å²) >= 11 is 1.45. The lowest BCUT2D eigenvalue weighted by Gasteiger charge is -2.34. The minimum absolute atomic E-state index is 0.0891. The standard InChI is InChI=1S/C22H27F3N6OS/c1-11-13(9-32)6-7-21(11,3)31-18-17(12(2)28-20(30-18)27-10-22(23,24)25)19-29-15-8-14(26)4-5-16(15)33-19/h4-5,8,11,13,32H,6-7,9-10,26H2,1-3H3,(H2,27,28,30,31).